The van der Waals surface area contributed by atoms with E-state index in [1.54, 1.807) is 39.8 Å². The molecule has 26 heavy (non-hydrogen) atoms. The third-order valence-electron chi connectivity index (χ3n) is 3.73. The molecule has 0 spiro atoms. The van der Waals surface area contributed by atoms with Crippen LogP contribution in [0.15, 0.2) is 29.2 Å². The van der Waals surface area contributed by atoms with Crippen molar-refractivity contribution in [2.45, 2.75) is 56.6 Å². The van der Waals surface area contributed by atoms with E-state index in [-0.39, 0.29) is 4.90 Å². The molecular weight excluding hydrogens is 368 g/mol. The second-order valence-electron chi connectivity index (χ2n) is 7.37. The van der Waals surface area contributed by atoms with Gasteiger partial charge in [-0.3, -0.25) is 9.08 Å². The van der Waals surface area contributed by atoms with E-state index >= 15 is 0 Å². The number of hydrogen-bond acceptors (Lipinski definition) is 5. The Bertz CT molecular complexity index is 756. The molecule has 0 radical (unpaired) electrons. The summed E-state index contributed by atoms with van der Waals surface area (Å²) in [6.07, 6.45) is -1.61. The molecule has 1 aromatic rings. The monoisotopic (exact) mass is 391 g/mol. The fourth-order valence-corrected chi connectivity index (χ4v) is 3.46. The summed E-state index contributed by atoms with van der Waals surface area (Å²) < 4.78 is 62.0. The fraction of sp³-hybridized carbons (Fsp3) is 0.588. The van der Waals surface area contributed by atoms with E-state index in [1.165, 1.54) is 12.1 Å². The number of carbonyl (C=O) groups excluding carboxylic acids is 1. The maximum Gasteiger partial charge on any atom is 0.410 e. The molecule has 1 aromatic carbocycles. The lowest BCUT2D eigenvalue weighted by Crippen LogP contribution is -2.42. The highest BCUT2D eigenvalue weighted by Crippen LogP contribution is 2.33. The molecule has 0 aromatic heterocycles. The summed E-state index contributed by atoms with van der Waals surface area (Å²) in [6, 6.07) is 4.86. The minimum absolute atomic E-state index is 0.0725. The number of rotatable bonds is 4. The Labute approximate surface area is 152 Å². The number of likely N-dealkylation sites (tertiary alicyclic amines) is 1. The summed E-state index contributed by atoms with van der Waals surface area (Å²) in [5.74, 6) is -3.13. The first-order chi connectivity index (χ1) is 11.8. The van der Waals surface area contributed by atoms with Crippen molar-refractivity contribution in [1.29, 1.82) is 0 Å². The van der Waals surface area contributed by atoms with Crippen LogP contribution in [0, 0.1) is 6.92 Å². The summed E-state index contributed by atoms with van der Waals surface area (Å²) >= 11 is 0. The second-order valence-corrected chi connectivity index (χ2v) is 8.99. The van der Waals surface area contributed by atoms with Gasteiger partial charge in [0.1, 0.15) is 5.60 Å². The lowest BCUT2D eigenvalue weighted by molar-refractivity contribution is -0.00272. The number of carbonyl (C=O) groups is 1. The lowest BCUT2D eigenvalue weighted by atomic mass is 10.2. The molecule has 1 unspecified atom stereocenters. The molecular formula is C17H23F2NO5S. The van der Waals surface area contributed by atoms with Crippen molar-refractivity contribution in [3.05, 3.63) is 29.8 Å². The predicted molar refractivity (Wildman–Crippen MR) is 90.6 cm³/mol. The molecule has 6 nitrogen and oxygen atoms in total. The van der Waals surface area contributed by atoms with Gasteiger partial charge >= 0.3 is 6.09 Å². The first-order valence-electron chi connectivity index (χ1n) is 8.13. The van der Waals surface area contributed by atoms with Gasteiger partial charge in [-0.2, -0.15) is 8.42 Å². The SMILES string of the molecule is Cc1ccc(S(=O)(=O)OCC2CC(F)(F)CN2C(=O)OC(C)(C)C)cc1. The number of amides is 1. The minimum atomic E-state index is -4.11. The highest BCUT2D eigenvalue weighted by molar-refractivity contribution is 7.86. The minimum Gasteiger partial charge on any atom is -0.444 e. The molecule has 0 bridgehead atoms. The van der Waals surface area contributed by atoms with Gasteiger partial charge in [0.25, 0.3) is 16.0 Å². The molecule has 0 aliphatic carbocycles. The highest BCUT2D eigenvalue weighted by Gasteiger charge is 2.48. The topological polar surface area (TPSA) is 72.9 Å². The van der Waals surface area contributed by atoms with Crippen LogP contribution in [0.5, 0.6) is 0 Å². The van der Waals surface area contributed by atoms with Crippen LogP contribution in [0.1, 0.15) is 32.8 Å². The Balaban J connectivity index is 2.10. The Morgan fingerprint density at radius 2 is 1.85 bits per heavy atom. The van der Waals surface area contributed by atoms with E-state index in [9.17, 15) is 22.0 Å². The van der Waals surface area contributed by atoms with Crippen molar-refractivity contribution in [3.8, 4) is 0 Å². The van der Waals surface area contributed by atoms with E-state index in [0.717, 1.165) is 10.5 Å². The van der Waals surface area contributed by atoms with Crippen LogP contribution in [0.25, 0.3) is 0 Å². The zero-order valence-electron chi connectivity index (χ0n) is 15.2. The Kier molecular flexibility index (Phi) is 5.63. The third-order valence-corrected chi connectivity index (χ3v) is 5.03. The third kappa shape index (κ3) is 5.38. The largest absolute Gasteiger partial charge is 0.444 e. The number of aryl methyl sites for hydroxylation is 1. The molecule has 1 saturated heterocycles. The van der Waals surface area contributed by atoms with Crippen LogP contribution >= 0.6 is 0 Å². The van der Waals surface area contributed by atoms with Crippen molar-refractivity contribution >= 4 is 16.2 Å². The van der Waals surface area contributed by atoms with Crippen molar-refractivity contribution in [1.82, 2.24) is 4.90 Å². The van der Waals surface area contributed by atoms with Gasteiger partial charge in [-0.15, -0.1) is 0 Å². The lowest BCUT2D eigenvalue weighted by Gasteiger charge is -2.27. The van der Waals surface area contributed by atoms with Crippen molar-refractivity contribution in [3.63, 3.8) is 0 Å². The second kappa shape index (κ2) is 7.11. The highest BCUT2D eigenvalue weighted by atomic mass is 32.2. The number of hydrogen-bond donors (Lipinski definition) is 0. The summed E-state index contributed by atoms with van der Waals surface area (Å²) in [5.41, 5.74) is 0.0180. The quantitative estimate of drug-likeness (QED) is 0.736. The Hall–Kier alpha value is -1.74. The molecule has 1 fully saturated rings. The molecule has 1 heterocycles. The molecule has 1 amide bonds. The first kappa shape index (κ1) is 20.6. The van der Waals surface area contributed by atoms with Crippen molar-refractivity contribution < 1.29 is 30.9 Å². The Morgan fingerprint density at radius 1 is 1.27 bits per heavy atom. The predicted octanol–water partition coefficient (Wildman–Crippen LogP) is 3.35. The number of halogens is 2. The van der Waals surface area contributed by atoms with Gasteiger partial charge in [0.15, 0.2) is 0 Å². The molecule has 146 valence electrons. The number of alkyl halides is 2. The molecule has 1 atom stereocenters. The normalized spacial score (nSPS) is 20.2. The van der Waals surface area contributed by atoms with E-state index in [0.29, 0.717) is 0 Å². The zero-order chi connectivity index (χ0) is 19.8. The van der Waals surface area contributed by atoms with Gasteiger partial charge in [0.2, 0.25) is 0 Å². The van der Waals surface area contributed by atoms with Crippen molar-refractivity contribution in [2.75, 3.05) is 13.2 Å². The molecule has 0 saturated carbocycles. The van der Waals surface area contributed by atoms with Crippen LogP contribution < -0.4 is 0 Å². The van der Waals surface area contributed by atoms with Gasteiger partial charge in [0.05, 0.1) is 24.1 Å². The Morgan fingerprint density at radius 3 is 2.38 bits per heavy atom. The van der Waals surface area contributed by atoms with Crippen LogP contribution in [-0.2, 0) is 19.0 Å². The molecule has 1 aliphatic rings. The summed E-state index contributed by atoms with van der Waals surface area (Å²) in [7, 11) is -4.11. The van der Waals surface area contributed by atoms with Crippen LogP contribution in [0.3, 0.4) is 0 Å². The van der Waals surface area contributed by atoms with Gasteiger partial charge in [-0.1, -0.05) is 17.7 Å². The molecule has 0 N–H and O–H groups in total. The summed E-state index contributed by atoms with van der Waals surface area (Å²) in [4.78, 5) is 12.9. The first-order valence-corrected chi connectivity index (χ1v) is 9.53. The summed E-state index contributed by atoms with van der Waals surface area (Å²) in [5, 5.41) is 0. The van der Waals surface area contributed by atoms with E-state index in [4.69, 9.17) is 8.92 Å². The van der Waals surface area contributed by atoms with Crippen LogP contribution in [0.4, 0.5) is 13.6 Å². The fourth-order valence-electron chi connectivity index (χ4n) is 2.52. The average molecular weight is 391 g/mol. The maximum atomic E-state index is 13.8. The van der Waals surface area contributed by atoms with E-state index in [1.807, 2.05) is 0 Å². The van der Waals surface area contributed by atoms with Crippen LogP contribution in [0.2, 0.25) is 0 Å². The van der Waals surface area contributed by atoms with Gasteiger partial charge in [-0.05, 0) is 39.8 Å². The number of nitrogens with zero attached hydrogens (tertiary/aromatic N) is 1. The molecule has 9 heteroatoms. The van der Waals surface area contributed by atoms with Crippen molar-refractivity contribution in [2.24, 2.45) is 0 Å². The smallest absolute Gasteiger partial charge is 0.410 e. The van der Waals surface area contributed by atoms with Gasteiger partial charge < -0.3 is 4.74 Å². The standard InChI is InChI=1S/C17H23F2NO5S/c1-12-5-7-14(8-6-12)26(22,23)24-10-13-9-17(18,19)11-20(13)15(21)25-16(2,3)4/h5-8,13H,9-11H2,1-4H3. The van der Waals surface area contributed by atoms with Gasteiger partial charge in [0, 0.05) is 6.42 Å². The summed E-state index contributed by atoms with van der Waals surface area (Å²) in [6.45, 7) is 5.26. The molecule has 1 aliphatic heterocycles. The zero-order valence-corrected chi connectivity index (χ0v) is 16.0. The number of benzene rings is 1. The van der Waals surface area contributed by atoms with Crippen LogP contribution in [-0.4, -0.2) is 50.1 Å². The van der Waals surface area contributed by atoms with E-state index < -0.39 is 53.3 Å². The number of ether oxygens (including phenoxy) is 1. The average Bonchev–Trinajstić information content (AvgIpc) is 2.79. The maximum absolute atomic E-state index is 13.8. The molecule has 2 rings (SSSR count). The van der Waals surface area contributed by atoms with Gasteiger partial charge in [-0.25, -0.2) is 13.6 Å². The van der Waals surface area contributed by atoms with E-state index in [2.05, 4.69) is 0 Å².